The topological polar surface area (TPSA) is 90.2 Å². The van der Waals surface area contributed by atoms with Gasteiger partial charge in [-0.3, -0.25) is 0 Å². The van der Waals surface area contributed by atoms with Crippen molar-refractivity contribution in [3.63, 3.8) is 0 Å². The third-order valence-electron chi connectivity index (χ3n) is 2.47. The van der Waals surface area contributed by atoms with E-state index >= 15 is 0 Å². The molecule has 4 N–H and O–H groups in total. The number of methoxy groups -OCH3 is 1. The molecule has 0 aliphatic carbocycles. The number of thioether (sulfide) groups is 2. The number of hydrogen-bond acceptors (Lipinski definition) is 7. The summed E-state index contributed by atoms with van der Waals surface area (Å²) in [5.74, 6) is 1.73. The monoisotopic (exact) mass is 300 g/mol. The van der Waals surface area contributed by atoms with Crippen molar-refractivity contribution in [1.82, 2.24) is 0 Å². The van der Waals surface area contributed by atoms with Gasteiger partial charge in [-0.25, -0.2) is 0 Å². The molecule has 0 aromatic rings. The van der Waals surface area contributed by atoms with Crippen LogP contribution >= 0.6 is 23.5 Å². The first-order valence-corrected chi connectivity index (χ1v) is 8.04. The van der Waals surface area contributed by atoms with Gasteiger partial charge in [-0.15, -0.1) is 23.5 Å². The molecule has 18 heavy (non-hydrogen) atoms. The van der Waals surface area contributed by atoms with Crippen molar-refractivity contribution < 1.29 is 25.2 Å². The van der Waals surface area contributed by atoms with Gasteiger partial charge in [0.2, 0.25) is 0 Å². The van der Waals surface area contributed by atoms with Crippen molar-refractivity contribution in [3.8, 4) is 0 Å². The Hall–Kier alpha value is 0.500. The van der Waals surface area contributed by atoms with Crippen LogP contribution in [0.4, 0.5) is 0 Å². The van der Waals surface area contributed by atoms with E-state index in [0.29, 0.717) is 0 Å². The van der Waals surface area contributed by atoms with Gasteiger partial charge in [0, 0.05) is 7.11 Å². The molecule has 0 radical (unpaired) electrons. The van der Waals surface area contributed by atoms with Crippen LogP contribution in [0.1, 0.15) is 13.8 Å². The Bertz CT molecular complexity index is 202. The number of aliphatic hydroxyl groups excluding tert-OH is 4. The quantitative estimate of drug-likeness (QED) is 0.419. The molecule has 0 saturated carbocycles. The molecule has 110 valence electrons. The molecule has 5 nitrogen and oxygen atoms in total. The molecule has 0 unspecified atom stereocenters. The van der Waals surface area contributed by atoms with E-state index in [-0.39, 0.29) is 4.58 Å². The first-order valence-electron chi connectivity index (χ1n) is 5.94. The summed E-state index contributed by atoms with van der Waals surface area (Å²) in [5.41, 5.74) is 0. The number of ether oxygens (including phenoxy) is 1. The van der Waals surface area contributed by atoms with Crippen LogP contribution < -0.4 is 0 Å². The van der Waals surface area contributed by atoms with Gasteiger partial charge < -0.3 is 25.2 Å². The zero-order valence-electron chi connectivity index (χ0n) is 11.0. The second-order valence-electron chi connectivity index (χ2n) is 3.71. The van der Waals surface area contributed by atoms with Crippen molar-refractivity contribution in [3.05, 3.63) is 0 Å². The lowest BCUT2D eigenvalue weighted by atomic mass is 10.0. The molecule has 0 aliphatic rings. The van der Waals surface area contributed by atoms with Crippen molar-refractivity contribution in [2.24, 2.45) is 0 Å². The summed E-state index contributed by atoms with van der Waals surface area (Å²) >= 11 is 3.24. The molecule has 0 aromatic carbocycles. The first-order chi connectivity index (χ1) is 8.53. The van der Waals surface area contributed by atoms with Gasteiger partial charge in [0.25, 0.3) is 0 Å². The standard InChI is InChI=1S/C11H24O5S2/c1-4-17-11(18-5-2)10(16-3)9(15)8(14)7(13)6-12/h7-15H,4-6H2,1-3H3/t7-,8-,9-,10+/m1/s1. The van der Waals surface area contributed by atoms with E-state index in [4.69, 9.17) is 9.84 Å². The predicted molar refractivity (Wildman–Crippen MR) is 76.0 cm³/mol. The third kappa shape index (κ3) is 5.64. The first kappa shape index (κ1) is 18.5. The summed E-state index contributed by atoms with van der Waals surface area (Å²) in [7, 11) is 1.46. The fraction of sp³-hybridized carbons (Fsp3) is 1.00. The lowest BCUT2D eigenvalue weighted by molar-refractivity contribution is -0.119. The normalized spacial score (nSPS) is 18.7. The summed E-state index contributed by atoms with van der Waals surface area (Å²) in [5, 5.41) is 37.9. The molecule has 0 spiro atoms. The van der Waals surface area contributed by atoms with Gasteiger partial charge >= 0.3 is 0 Å². The van der Waals surface area contributed by atoms with Crippen molar-refractivity contribution in [1.29, 1.82) is 0 Å². The zero-order valence-corrected chi connectivity index (χ0v) is 12.7. The lowest BCUT2D eigenvalue weighted by Crippen LogP contribution is -2.49. The maximum Gasteiger partial charge on any atom is 0.111 e. The predicted octanol–water partition coefficient (Wildman–Crippen LogP) is -0.0913. The van der Waals surface area contributed by atoms with Crippen LogP contribution in [0.3, 0.4) is 0 Å². The highest BCUT2D eigenvalue weighted by molar-refractivity contribution is 8.17. The van der Waals surface area contributed by atoms with E-state index in [9.17, 15) is 15.3 Å². The Morgan fingerprint density at radius 3 is 1.83 bits per heavy atom. The average Bonchev–Trinajstić information content (AvgIpc) is 2.38. The van der Waals surface area contributed by atoms with E-state index in [1.807, 2.05) is 13.8 Å². The number of hydrogen-bond donors (Lipinski definition) is 4. The van der Waals surface area contributed by atoms with Gasteiger partial charge in [-0.2, -0.15) is 0 Å². The Labute approximate surface area is 117 Å². The second-order valence-corrected chi connectivity index (χ2v) is 6.85. The second kappa shape index (κ2) is 10.3. The lowest BCUT2D eigenvalue weighted by Gasteiger charge is -2.32. The Kier molecular flexibility index (Phi) is 10.6. The minimum absolute atomic E-state index is 0.0273. The van der Waals surface area contributed by atoms with Crippen LogP contribution in [0.25, 0.3) is 0 Å². The molecule has 7 heteroatoms. The Balaban J connectivity index is 4.69. The molecule has 0 heterocycles. The number of rotatable bonds is 10. The van der Waals surface area contributed by atoms with Crippen LogP contribution in [0.15, 0.2) is 0 Å². The molecule has 0 saturated heterocycles. The minimum atomic E-state index is -1.42. The summed E-state index contributed by atoms with van der Waals surface area (Å²) in [4.78, 5) is 0. The van der Waals surface area contributed by atoms with Crippen LogP contribution in [0.5, 0.6) is 0 Å². The van der Waals surface area contributed by atoms with E-state index < -0.39 is 31.0 Å². The molecule has 0 bridgehead atoms. The molecule has 4 atom stereocenters. The Morgan fingerprint density at radius 1 is 1.00 bits per heavy atom. The minimum Gasteiger partial charge on any atom is -0.394 e. The van der Waals surface area contributed by atoms with Crippen LogP contribution in [-0.4, -0.2) is 74.6 Å². The van der Waals surface area contributed by atoms with E-state index in [1.54, 1.807) is 23.5 Å². The maximum absolute atomic E-state index is 10.0. The summed E-state index contributed by atoms with van der Waals surface area (Å²) in [6.45, 7) is 3.42. The van der Waals surface area contributed by atoms with Crippen LogP contribution in [-0.2, 0) is 4.74 Å². The van der Waals surface area contributed by atoms with Crippen molar-refractivity contribution >= 4 is 23.5 Å². The number of aliphatic hydroxyl groups is 4. The molecule has 0 fully saturated rings. The Morgan fingerprint density at radius 2 is 1.50 bits per heavy atom. The van der Waals surface area contributed by atoms with E-state index in [0.717, 1.165) is 11.5 Å². The van der Waals surface area contributed by atoms with E-state index in [2.05, 4.69) is 0 Å². The molecule has 0 amide bonds. The van der Waals surface area contributed by atoms with Gasteiger partial charge in [0.05, 0.1) is 11.2 Å². The average molecular weight is 300 g/mol. The van der Waals surface area contributed by atoms with Gasteiger partial charge in [0.15, 0.2) is 0 Å². The molecule has 0 aromatic heterocycles. The molecule has 0 aliphatic heterocycles. The molecular formula is C11H24O5S2. The third-order valence-corrected chi connectivity index (χ3v) is 5.15. The largest absolute Gasteiger partial charge is 0.394 e. The maximum atomic E-state index is 10.0. The molecular weight excluding hydrogens is 276 g/mol. The fourth-order valence-corrected chi connectivity index (χ4v) is 4.29. The van der Waals surface area contributed by atoms with Crippen molar-refractivity contribution in [2.45, 2.75) is 42.8 Å². The van der Waals surface area contributed by atoms with Gasteiger partial charge in [-0.1, -0.05) is 13.8 Å². The zero-order chi connectivity index (χ0) is 14.1. The van der Waals surface area contributed by atoms with Crippen LogP contribution in [0.2, 0.25) is 0 Å². The highest BCUT2D eigenvalue weighted by Gasteiger charge is 2.36. The van der Waals surface area contributed by atoms with Gasteiger partial charge in [-0.05, 0) is 11.5 Å². The summed E-state index contributed by atoms with van der Waals surface area (Å²) in [6, 6.07) is 0. The fourth-order valence-electron chi connectivity index (χ4n) is 1.51. The highest BCUT2D eigenvalue weighted by Crippen LogP contribution is 2.30. The smallest absolute Gasteiger partial charge is 0.111 e. The summed E-state index contributed by atoms with van der Waals surface area (Å²) < 4.78 is 5.22. The highest BCUT2D eigenvalue weighted by atomic mass is 32.2. The van der Waals surface area contributed by atoms with E-state index in [1.165, 1.54) is 7.11 Å². The van der Waals surface area contributed by atoms with Crippen molar-refractivity contribution in [2.75, 3.05) is 25.2 Å². The molecule has 0 rings (SSSR count). The summed E-state index contributed by atoms with van der Waals surface area (Å²) in [6.07, 6.45) is -4.62. The SMILES string of the molecule is CCSC(SCC)[C@@H](OC)[C@H](O)[C@H](O)[C@H](O)CO. The van der Waals surface area contributed by atoms with Crippen LogP contribution in [0, 0.1) is 0 Å². The van der Waals surface area contributed by atoms with Gasteiger partial charge in [0.1, 0.15) is 24.4 Å².